The molecule has 0 saturated carbocycles. The number of benzene rings is 2. The van der Waals surface area contributed by atoms with E-state index >= 15 is 0 Å². The first-order chi connectivity index (χ1) is 11.0. The molecule has 0 aliphatic heterocycles. The minimum atomic E-state index is -0.545. The molecule has 0 saturated heterocycles. The van der Waals surface area contributed by atoms with E-state index in [4.69, 9.17) is 11.6 Å². The fourth-order valence-corrected chi connectivity index (χ4v) is 2.27. The highest BCUT2D eigenvalue weighted by molar-refractivity contribution is 6.31. The van der Waals surface area contributed by atoms with Crippen molar-refractivity contribution in [2.24, 2.45) is 0 Å². The summed E-state index contributed by atoms with van der Waals surface area (Å²) >= 11 is 5.67. The lowest BCUT2D eigenvalue weighted by atomic mass is 10.2. The summed E-state index contributed by atoms with van der Waals surface area (Å²) in [5.74, 6) is -0.972. The molecule has 0 aliphatic carbocycles. The lowest BCUT2D eigenvalue weighted by molar-refractivity contribution is -0.117. The summed E-state index contributed by atoms with van der Waals surface area (Å²) in [6.45, 7) is 1.70. The fraction of sp³-hybridized carbons (Fsp3) is 0.176. The Kier molecular flexibility index (Phi) is 5.71. The van der Waals surface area contributed by atoms with Crippen molar-refractivity contribution in [3.8, 4) is 0 Å². The van der Waals surface area contributed by atoms with Gasteiger partial charge in [0.1, 0.15) is 5.82 Å². The van der Waals surface area contributed by atoms with Gasteiger partial charge in [0.05, 0.1) is 5.02 Å². The van der Waals surface area contributed by atoms with Gasteiger partial charge in [-0.25, -0.2) is 4.39 Å². The number of anilines is 2. The van der Waals surface area contributed by atoms with Gasteiger partial charge in [-0.2, -0.15) is 0 Å². The fourth-order valence-electron chi connectivity index (χ4n) is 2.09. The van der Waals surface area contributed by atoms with Crippen molar-refractivity contribution in [2.45, 2.75) is 13.3 Å². The number of nitrogens with one attached hydrogen (secondary N) is 1. The number of carbonyl (C=O) groups is 2. The Balaban J connectivity index is 1.96. The van der Waals surface area contributed by atoms with Crippen LogP contribution in [0.1, 0.15) is 13.3 Å². The van der Waals surface area contributed by atoms with E-state index in [1.165, 1.54) is 30.0 Å². The predicted octanol–water partition coefficient (Wildman–Crippen LogP) is 3.86. The summed E-state index contributed by atoms with van der Waals surface area (Å²) in [7, 11) is 0. The highest BCUT2D eigenvalue weighted by Gasteiger charge is 2.13. The molecule has 2 aromatic carbocycles. The minimum Gasteiger partial charge on any atom is -0.326 e. The van der Waals surface area contributed by atoms with Crippen LogP contribution in [0.5, 0.6) is 0 Å². The van der Waals surface area contributed by atoms with Gasteiger partial charge >= 0.3 is 0 Å². The molecule has 2 rings (SSSR count). The maximum atomic E-state index is 13.1. The number of nitrogens with zero attached hydrogens (tertiary/aromatic N) is 1. The van der Waals surface area contributed by atoms with E-state index in [1.54, 1.807) is 12.1 Å². The Hall–Kier alpha value is -2.40. The van der Waals surface area contributed by atoms with Crippen LogP contribution < -0.4 is 10.2 Å². The van der Waals surface area contributed by atoms with Gasteiger partial charge < -0.3 is 10.2 Å². The van der Waals surface area contributed by atoms with Crippen molar-refractivity contribution < 1.29 is 14.0 Å². The third kappa shape index (κ3) is 4.79. The monoisotopic (exact) mass is 334 g/mol. The van der Waals surface area contributed by atoms with Crippen molar-refractivity contribution in [3.05, 3.63) is 59.4 Å². The number of hydrogen-bond acceptors (Lipinski definition) is 2. The quantitative estimate of drug-likeness (QED) is 0.902. The topological polar surface area (TPSA) is 49.4 Å². The first kappa shape index (κ1) is 17.0. The van der Waals surface area contributed by atoms with E-state index in [9.17, 15) is 14.0 Å². The van der Waals surface area contributed by atoms with Gasteiger partial charge in [-0.05, 0) is 30.3 Å². The molecule has 0 radical (unpaired) electrons. The van der Waals surface area contributed by atoms with Crippen LogP contribution in [0.25, 0.3) is 0 Å². The van der Waals surface area contributed by atoms with E-state index in [-0.39, 0.29) is 29.8 Å². The van der Waals surface area contributed by atoms with E-state index in [0.717, 1.165) is 5.69 Å². The van der Waals surface area contributed by atoms with Gasteiger partial charge in [0, 0.05) is 31.3 Å². The van der Waals surface area contributed by atoms with E-state index in [0.29, 0.717) is 5.69 Å². The second-order valence-electron chi connectivity index (χ2n) is 4.93. The smallest absolute Gasteiger partial charge is 0.226 e. The summed E-state index contributed by atoms with van der Waals surface area (Å²) < 4.78 is 13.1. The number of rotatable bonds is 5. The second kappa shape index (κ2) is 7.74. The third-order valence-corrected chi connectivity index (χ3v) is 3.50. The molecule has 0 bridgehead atoms. The number of halogens is 2. The Bertz CT molecular complexity index is 707. The molecule has 0 heterocycles. The summed E-state index contributed by atoms with van der Waals surface area (Å²) in [6.07, 6.45) is 0.115. The molecule has 0 aliphatic rings. The van der Waals surface area contributed by atoms with Crippen molar-refractivity contribution in [3.63, 3.8) is 0 Å². The standard InChI is InChI=1S/C17H16ClFN2O2/c1-12(22)21(14-5-3-2-4-6-14)10-9-17(23)20-13-7-8-16(19)15(18)11-13/h2-8,11H,9-10H2,1H3,(H,20,23). The lowest BCUT2D eigenvalue weighted by Crippen LogP contribution is -2.31. The van der Waals surface area contributed by atoms with Crippen LogP contribution in [0.4, 0.5) is 15.8 Å². The summed E-state index contributed by atoms with van der Waals surface area (Å²) in [6, 6.07) is 13.1. The number of hydrogen-bond donors (Lipinski definition) is 1. The summed E-state index contributed by atoms with van der Waals surface area (Å²) in [4.78, 5) is 25.2. The average Bonchev–Trinajstić information content (AvgIpc) is 2.52. The largest absolute Gasteiger partial charge is 0.326 e. The number of para-hydroxylation sites is 1. The first-order valence-corrected chi connectivity index (χ1v) is 7.43. The maximum absolute atomic E-state index is 13.1. The Morgan fingerprint density at radius 2 is 1.87 bits per heavy atom. The summed E-state index contributed by atoms with van der Waals surface area (Å²) in [5.41, 5.74) is 1.15. The minimum absolute atomic E-state index is 0.0579. The third-order valence-electron chi connectivity index (χ3n) is 3.21. The molecular formula is C17H16ClFN2O2. The van der Waals surface area contributed by atoms with Gasteiger partial charge in [0.25, 0.3) is 0 Å². The molecular weight excluding hydrogens is 319 g/mol. The van der Waals surface area contributed by atoms with Gasteiger partial charge in [0.15, 0.2) is 0 Å². The van der Waals surface area contributed by atoms with Gasteiger partial charge in [0.2, 0.25) is 11.8 Å². The second-order valence-corrected chi connectivity index (χ2v) is 5.34. The van der Waals surface area contributed by atoms with Crippen LogP contribution in [-0.2, 0) is 9.59 Å². The van der Waals surface area contributed by atoms with Crippen molar-refractivity contribution in [2.75, 3.05) is 16.8 Å². The van der Waals surface area contributed by atoms with Crippen LogP contribution >= 0.6 is 11.6 Å². The number of amides is 2. The van der Waals surface area contributed by atoms with E-state index < -0.39 is 5.82 Å². The Labute approximate surface area is 138 Å². The molecule has 0 unspecified atom stereocenters. The van der Waals surface area contributed by atoms with Crippen LogP contribution in [0.3, 0.4) is 0 Å². The van der Waals surface area contributed by atoms with Gasteiger partial charge in [-0.1, -0.05) is 29.8 Å². The van der Waals surface area contributed by atoms with Gasteiger partial charge in [-0.3, -0.25) is 9.59 Å². The maximum Gasteiger partial charge on any atom is 0.226 e. The SMILES string of the molecule is CC(=O)N(CCC(=O)Nc1ccc(F)c(Cl)c1)c1ccccc1. The van der Waals surface area contributed by atoms with Crippen molar-refractivity contribution in [1.29, 1.82) is 0 Å². The molecule has 4 nitrogen and oxygen atoms in total. The molecule has 0 atom stereocenters. The molecule has 0 fully saturated rings. The molecule has 0 spiro atoms. The predicted molar refractivity (Wildman–Crippen MR) is 89.1 cm³/mol. The van der Waals surface area contributed by atoms with Crippen molar-refractivity contribution >= 4 is 34.8 Å². The molecule has 0 aromatic heterocycles. The van der Waals surface area contributed by atoms with Crippen LogP contribution in [-0.4, -0.2) is 18.4 Å². The summed E-state index contributed by atoms with van der Waals surface area (Å²) in [5, 5.41) is 2.57. The molecule has 2 amide bonds. The Morgan fingerprint density at radius 1 is 1.17 bits per heavy atom. The highest BCUT2D eigenvalue weighted by atomic mass is 35.5. The Morgan fingerprint density at radius 3 is 2.48 bits per heavy atom. The van der Waals surface area contributed by atoms with Crippen LogP contribution in [0.15, 0.2) is 48.5 Å². The lowest BCUT2D eigenvalue weighted by Gasteiger charge is -2.20. The molecule has 2 aromatic rings. The molecule has 120 valence electrons. The van der Waals surface area contributed by atoms with Crippen LogP contribution in [0, 0.1) is 5.82 Å². The van der Waals surface area contributed by atoms with E-state index in [2.05, 4.69) is 5.32 Å². The highest BCUT2D eigenvalue weighted by Crippen LogP contribution is 2.19. The zero-order valence-corrected chi connectivity index (χ0v) is 13.3. The zero-order valence-electron chi connectivity index (χ0n) is 12.6. The zero-order chi connectivity index (χ0) is 16.8. The molecule has 23 heavy (non-hydrogen) atoms. The normalized spacial score (nSPS) is 10.2. The van der Waals surface area contributed by atoms with E-state index in [1.807, 2.05) is 18.2 Å². The van der Waals surface area contributed by atoms with Gasteiger partial charge in [-0.15, -0.1) is 0 Å². The average molecular weight is 335 g/mol. The molecule has 1 N–H and O–H groups in total. The van der Waals surface area contributed by atoms with Crippen molar-refractivity contribution in [1.82, 2.24) is 0 Å². The number of carbonyl (C=O) groups excluding carboxylic acids is 2. The first-order valence-electron chi connectivity index (χ1n) is 7.05. The molecule has 6 heteroatoms. The van der Waals surface area contributed by atoms with Crippen LogP contribution in [0.2, 0.25) is 5.02 Å².